The van der Waals surface area contributed by atoms with Gasteiger partial charge >= 0.3 is 0 Å². The van der Waals surface area contributed by atoms with E-state index in [1.807, 2.05) is 6.92 Å². The zero-order valence-corrected chi connectivity index (χ0v) is 9.69. The monoisotopic (exact) mass is 230 g/mol. The molecule has 5 nitrogen and oxygen atoms in total. The topological polar surface area (TPSA) is 80.2 Å². The van der Waals surface area contributed by atoms with Gasteiger partial charge in [-0.05, 0) is 19.4 Å². The lowest BCUT2D eigenvalue weighted by Crippen LogP contribution is -2.25. The summed E-state index contributed by atoms with van der Waals surface area (Å²) >= 11 is 0. The highest BCUT2D eigenvalue weighted by molar-refractivity contribution is 7.91. The van der Waals surface area contributed by atoms with Crippen LogP contribution in [0.2, 0.25) is 0 Å². The van der Waals surface area contributed by atoms with Crippen LogP contribution in [-0.2, 0) is 9.84 Å². The second kappa shape index (κ2) is 4.24. The molecule has 2 atom stereocenters. The maximum atomic E-state index is 11.2. The van der Waals surface area contributed by atoms with Gasteiger partial charge in [-0.1, -0.05) is 0 Å². The fourth-order valence-corrected chi connectivity index (χ4v) is 1.59. The summed E-state index contributed by atoms with van der Waals surface area (Å²) in [6, 6.07) is 0. The molecule has 6 heteroatoms. The summed E-state index contributed by atoms with van der Waals surface area (Å²) in [7, 11) is -3.29. The fraction of sp³-hybridized carbons (Fsp3) is 0.556. The van der Waals surface area contributed by atoms with Crippen molar-refractivity contribution in [1.29, 1.82) is 0 Å². The van der Waals surface area contributed by atoms with E-state index in [9.17, 15) is 13.5 Å². The van der Waals surface area contributed by atoms with Crippen LogP contribution < -0.4 is 0 Å². The van der Waals surface area contributed by atoms with Crippen LogP contribution in [0.1, 0.15) is 24.4 Å². The van der Waals surface area contributed by atoms with Crippen LogP contribution in [0.3, 0.4) is 0 Å². The van der Waals surface area contributed by atoms with E-state index in [1.54, 1.807) is 12.4 Å². The van der Waals surface area contributed by atoms with Gasteiger partial charge in [0.05, 0.1) is 5.25 Å². The molecule has 0 amide bonds. The minimum absolute atomic E-state index is 0.138. The van der Waals surface area contributed by atoms with Crippen molar-refractivity contribution in [2.24, 2.45) is 0 Å². The summed E-state index contributed by atoms with van der Waals surface area (Å²) in [5.41, 5.74) is 0.859. The molecule has 0 aromatic carbocycles. The molecule has 0 saturated carbocycles. The van der Waals surface area contributed by atoms with Gasteiger partial charge in [-0.15, -0.1) is 0 Å². The van der Waals surface area contributed by atoms with Gasteiger partial charge in [0.2, 0.25) is 0 Å². The normalized spacial score (nSPS) is 16.0. The number of aliphatic hydroxyl groups is 1. The van der Waals surface area contributed by atoms with Gasteiger partial charge in [-0.3, -0.25) is 0 Å². The van der Waals surface area contributed by atoms with Crippen LogP contribution in [0.5, 0.6) is 0 Å². The van der Waals surface area contributed by atoms with Gasteiger partial charge in [-0.2, -0.15) is 0 Å². The highest BCUT2D eigenvalue weighted by atomic mass is 32.2. The Morgan fingerprint density at radius 3 is 2.20 bits per heavy atom. The third-order valence-corrected chi connectivity index (χ3v) is 3.79. The molecule has 0 fully saturated rings. The van der Waals surface area contributed by atoms with Crippen molar-refractivity contribution in [3.63, 3.8) is 0 Å². The van der Waals surface area contributed by atoms with Gasteiger partial charge in [0, 0.05) is 18.6 Å². The fourth-order valence-electron chi connectivity index (χ4n) is 0.999. The van der Waals surface area contributed by atoms with Crippen molar-refractivity contribution < 1.29 is 13.5 Å². The Morgan fingerprint density at radius 2 is 1.80 bits per heavy atom. The second-order valence-electron chi connectivity index (χ2n) is 3.60. The quantitative estimate of drug-likeness (QED) is 0.805. The first-order valence-corrected chi connectivity index (χ1v) is 6.43. The Balaban J connectivity index is 2.95. The zero-order chi connectivity index (χ0) is 11.6. The Bertz CT molecular complexity index is 427. The van der Waals surface area contributed by atoms with Crippen LogP contribution in [0.15, 0.2) is 12.4 Å². The molecular formula is C9H14N2O3S. The van der Waals surface area contributed by atoms with E-state index in [4.69, 9.17) is 0 Å². The Morgan fingerprint density at radius 1 is 1.33 bits per heavy atom. The van der Waals surface area contributed by atoms with E-state index in [2.05, 4.69) is 9.97 Å². The number of hydrogen-bond acceptors (Lipinski definition) is 5. The highest BCUT2D eigenvalue weighted by Gasteiger charge is 2.27. The van der Waals surface area contributed by atoms with Gasteiger partial charge in [0.15, 0.2) is 15.7 Å². The summed E-state index contributed by atoms with van der Waals surface area (Å²) < 4.78 is 22.4. The van der Waals surface area contributed by atoms with Crippen molar-refractivity contribution in [2.45, 2.75) is 25.2 Å². The van der Waals surface area contributed by atoms with Crippen molar-refractivity contribution in [2.75, 3.05) is 6.26 Å². The lowest BCUT2D eigenvalue weighted by atomic mass is 10.2. The molecule has 0 spiro atoms. The van der Waals surface area contributed by atoms with Gasteiger partial charge in [0.1, 0.15) is 6.10 Å². The van der Waals surface area contributed by atoms with E-state index < -0.39 is 21.2 Å². The number of aliphatic hydroxyl groups excluding tert-OH is 1. The third-order valence-electron chi connectivity index (χ3n) is 2.19. The van der Waals surface area contributed by atoms with Crippen LogP contribution in [0.4, 0.5) is 0 Å². The molecule has 0 bridgehead atoms. The molecular weight excluding hydrogens is 216 g/mol. The number of aryl methyl sites for hydroxylation is 1. The van der Waals surface area contributed by atoms with Crippen LogP contribution >= 0.6 is 0 Å². The molecule has 0 aliphatic carbocycles. The second-order valence-corrected chi connectivity index (χ2v) is 6.00. The molecule has 0 saturated heterocycles. The predicted molar refractivity (Wildman–Crippen MR) is 56.0 cm³/mol. The van der Waals surface area contributed by atoms with E-state index >= 15 is 0 Å². The lowest BCUT2D eigenvalue weighted by molar-refractivity contribution is 0.166. The largest absolute Gasteiger partial charge is 0.384 e. The average Bonchev–Trinajstić information content (AvgIpc) is 2.15. The standard InChI is InChI=1S/C9H14N2O3S/c1-6-4-10-9(11-5-6)8(12)7(2)15(3,13)14/h4-5,7-8,12H,1-3H3/t7-,8+/m0/s1. The van der Waals surface area contributed by atoms with Gasteiger partial charge in [-0.25, -0.2) is 18.4 Å². The van der Waals surface area contributed by atoms with Crippen molar-refractivity contribution in [3.05, 3.63) is 23.8 Å². The van der Waals surface area contributed by atoms with Gasteiger partial charge in [0.25, 0.3) is 0 Å². The molecule has 1 heterocycles. The summed E-state index contributed by atoms with van der Waals surface area (Å²) in [6.07, 6.45) is 2.98. The highest BCUT2D eigenvalue weighted by Crippen LogP contribution is 2.17. The first-order chi connectivity index (χ1) is 6.82. The first-order valence-electron chi connectivity index (χ1n) is 4.48. The zero-order valence-electron chi connectivity index (χ0n) is 8.88. The number of sulfone groups is 1. The minimum Gasteiger partial charge on any atom is -0.384 e. The van der Waals surface area contributed by atoms with Gasteiger partial charge < -0.3 is 5.11 Å². The minimum atomic E-state index is -3.29. The molecule has 1 rings (SSSR count). The van der Waals surface area contributed by atoms with Crippen LogP contribution in [0, 0.1) is 6.92 Å². The summed E-state index contributed by atoms with van der Waals surface area (Å²) in [5.74, 6) is 0.138. The number of hydrogen-bond donors (Lipinski definition) is 1. The Kier molecular flexibility index (Phi) is 3.41. The number of nitrogens with zero attached hydrogens (tertiary/aromatic N) is 2. The molecule has 0 radical (unpaired) electrons. The summed E-state index contributed by atoms with van der Waals surface area (Å²) in [5, 5.41) is 8.81. The van der Waals surface area contributed by atoms with E-state index in [1.165, 1.54) is 6.92 Å². The van der Waals surface area contributed by atoms with E-state index in [0.29, 0.717) is 0 Å². The smallest absolute Gasteiger partial charge is 0.158 e. The molecule has 15 heavy (non-hydrogen) atoms. The average molecular weight is 230 g/mol. The maximum Gasteiger partial charge on any atom is 0.158 e. The van der Waals surface area contributed by atoms with E-state index in [0.717, 1.165) is 11.8 Å². The Hall–Kier alpha value is -1.01. The summed E-state index contributed by atoms with van der Waals surface area (Å²) in [4.78, 5) is 7.77. The van der Waals surface area contributed by atoms with Crippen molar-refractivity contribution in [3.8, 4) is 0 Å². The SMILES string of the molecule is Cc1cnc([C@H](O)[C@H](C)S(C)(=O)=O)nc1. The molecule has 1 aromatic rings. The molecule has 0 unspecified atom stereocenters. The lowest BCUT2D eigenvalue weighted by Gasteiger charge is -2.15. The molecule has 0 aliphatic rings. The molecule has 84 valence electrons. The molecule has 1 aromatic heterocycles. The molecule has 1 N–H and O–H groups in total. The van der Waals surface area contributed by atoms with E-state index in [-0.39, 0.29) is 5.82 Å². The van der Waals surface area contributed by atoms with Crippen molar-refractivity contribution in [1.82, 2.24) is 9.97 Å². The third kappa shape index (κ3) is 2.97. The van der Waals surface area contributed by atoms with Crippen molar-refractivity contribution >= 4 is 9.84 Å². The molecule has 0 aliphatic heterocycles. The first kappa shape index (κ1) is 12.1. The summed E-state index contributed by atoms with van der Waals surface area (Å²) in [6.45, 7) is 3.25. The van der Waals surface area contributed by atoms with Crippen LogP contribution in [-0.4, -0.2) is 35.0 Å². The number of aromatic nitrogens is 2. The number of rotatable bonds is 3. The Labute approximate surface area is 89.1 Å². The maximum absolute atomic E-state index is 11.2. The predicted octanol–water partition coefficient (Wildman–Crippen LogP) is 0.252. The van der Waals surface area contributed by atoms with Crippen LogP contribution in [0.25, 0.3) is 0 Å².